The van der Waals surface area contributed by atoms with Gasteiger partial charge in [-0.15, -0.1) is 0 Å². The monoisotopic (exact) mass is 1170 g/mol. The van der Waals surface area contributed by atoms with Gasteiger partial charge in [0, 0.05) is 0 Å². The molecule has 3 fully saturated rings. The Labute approximate surface area is 484 Å². The number of aliphatic hydroxyl groups excluding tert-OH is 13. The first-order chi connectivity index (χ1) is 39.0. The molecule has 81 heavy (non-hydrogen) atoms. The van der Waals surface area contributed by atoms with E-state index in [1.54, 1.807) is 0 Å². The first-order valence-corrected chi connectivity index (χ1v) is 31.8. The first kappa shape index (κ1) is 74.0. The van der Waals surface area contributed by atoms with Gasteiger partial charge in [-0.25, -0.2) is 0 Å². The summed E-state index contributed by atoms with van der Waals surface area (Å²) >= 11 is 0. The van der Waals surface area contributed by atoms with Crippen molar-refractivity contribution in [1.82, 2.24) is 5.32 Å². The van der Waals surface area contributed by atoms with Crippen LogP contribution >= 0.6 is 0 Å². The molecule has 0 saturated carbocycles. The summed E-state index contributed by atoms with van der Waals surface area (Å²) in [5.74, 6) is -0.116. The van der Waals surface area contributed by atoms with Crippen LogP contribution in [0.4, 0.5) is 0 Å². The molecule has 0 aromatic carbocycles. The third kappa shape index (κ3) is 27.5. The molecule has 3 aliphatic rings. The Morgan fingerprint density at radius 1 is 0.469 bits per heavy atom. The summed E-state index contributed by atoms with van der Waals surface area (Å²) in [4.78, 5) is 13.5. The highest BCUT2D eigenvalue weighted by Crippen LogP contribution is 2.36. The lowest BCUT2D eigenvalue weighted by Crippen LogP contribution is -2.62. The van der Waals surface area contributed by atoms with Crippen LogP contribution < -0.4 is 5.32 Å². The fourth-order valence-electron chi connectivity index (χ4n) is 11.2. The van der Waals surface area contributed by atoms with Gasteiger partial charge in [0.25, 0.3) is 0 Å². The summed E-state index contributed by atoms with van der Waals surface area (Å²) in [5, 5.41) is 142. The summed E-state index contributed by atoms with van der Waals surface area (Å²) in [5.41, 5.74) is 0. The molecule has 3 saturated heterocycles. The molecular formula is C60H115NO20. The third-order valence-corrected chi connectivity index (χ3v) is 16.5. The number of hydrogen-bond donors (Lipinski definition) is 14. The highest BCUT2D eigenvalue weighted by Gasteiger charge is 2.56. The number of hydrogen-bond acceptors (Lipinski definition) is 20. The second kappa shape index (κ2) is 43.4. The molecule has 21 nitrogen and oxygen atoms in total. The van der Waals surface area contributed by atoms with Gasteiger partial charge in [-0.1, -0.05) is 213 Å². The second-order valence-electron chi connectivity index (χ2n) is 24.0. The molecule has 480 valence electrons. The Morgan fingerprint density at radius 3 is 1.35 bits per heavy atom. The lowest BCUT2D eigenvalue weighted by atomic mass is 9.98. The fraction of sp³-hybridized carbons (Fsp3) is 0.983. The van der Waals surface area contributed by atoms with Gasteiger partial charge in [-0.3, -0.25) is 4.79 Å². The molecule has 0 aliphatic carbocycles. The second-order valence-corrected chi connectivity index (χ2v) is 24.0. The van der Waals surface area contributed by atoms with E-state index in [2.05, 4.69) is 26.1 Å². The molecule has 0 bridgehead atoms. The average Bonchev–Trinajstić information content (AvgIpc) is 4.08. The van der Waals surface area contributed by atoms with Gasteiger partial charge in [-0.2, -0.15) is 0 Å². The number of aliphatic hydroxyl groups is 13. The summed E-state index contributed by atoms with van der Waals surface area (Å²) < 4.78 is 34.5. The Morgan fingerprint density at radius 2 is 0.889 bits per heavy atom. The SMILES string of the molecule is CCCCCCCCCCCCCCCCCCCCCCC[C@@H](O)C(=O)N[C@@H](CO[C@H]1O[C@H](CO)[C@H](O)[C@H](O[C@@H]2O[C@@H]([C@H](O)CO)[C@H](O)[C@H]2O[C@@H]2O[C@@H]([C@H](O)CO)[C@H](O)[C@H]2O)[C@H]1O)[C@H](O)[C@H](O)CCCCCCCCCCC(C)C. The van der Waals surface area contributed by atoms with Crippen molar-refractivity contribution in [2.75, 3.05) is 26.4 Å². The number of carbonyl (C=O) groups is 1. The molecule has 21 heteroatoms. The van der Waals surface area contributed by atoms with Crippen molar-refractivity contribution < 1.29 is 99.6 Å². The van der Waals surface area contributed by atoms with E-state index in [0.29, 0.717) is 18.8 Å². The van der Waals surface area contributed by atoms with Crippen molar-refractivity contribution >= 4 is 5.91 Å². The zero-order chi connectivity index (χ0) is 59.5. The van der Waals surface area contributed by atoms with Crippen LogP contribution in [-0.4, -0.2) is 215 Å². The minimum atomic E-state index is -1.96. The van der Waals surface area contributed by atoms with Crippen LogP contribution in [0.5, 0.6) is 0 Å². The number of nitrogens with one attached hydrogen (secondary N) is 1. The number of unbranched alkanes of at least 4 members (excludes halogenated alkanes) is 27. The molecule has 0 radical (unpaired) electrons. The van der Waals surface area contributed by atoms with E-state index in [1.165, 1.54) is 128 Å². The fourth-order valence-corrected chi connectivity index (χ4v) is 11.2. The quantitative estimate of drug-likeness (QED) is 0.0380. The van der Waals surface area contributed by atoms with Gasteiger partial charge >= 0.3 is 0 Å². The minimum absolute atomic E-state index is 0.158. The van der Waals surface area contributed by atoms with E-state index < -0.39 is 149 Å². The lowest BCUT2D eigenvalue weighted by Gasteiger charge is -2.43. The van der Waals surface area contributed by atoms with E-state index >= 15 is 0 Å². The summed E-state index contributed by atoms with van der Waals surface area (Å²) in [7, 11) is 0. The Kier molecular flexibility index (Phi) is 39.6. The zero-order valence-electron chi connectivity index (χ0n) is 49.7. The number of rotatable bonds is 49. The Bertz CT molecular complexity index is 1540. The van der Waals surface area contributed by atoms with Crippen molar-refractivity contribution in [3.63, 3.8) is 0 Å². The Hall–Kier alpha value is -1.29. The topological polar surface area (TPSA) is 347 Å². The van der Waals surface area contributed by atoms with Gasteiger partial charge in [0.1, 0.15) is 85.5 Å². The van der Waals surface area contributed by atoms with Crippen molar-refractivity contribution in [3.05, 3.63) is 0 Å². The molecule has 0 aromatic heterocycles. The lowest BCUT2D eigenvalue weighted by molar-refractivity contribution is -0.338. The normalized spacial score (nSPS) is 29.3. The van der Waals surface area contributed by atoms with Crippen LogP contribution in [0.1, 0.15) is 226 Å². The predicted molar refractivity (Wildman–Crippen MR) is 303 cm³/mol. The molecule has 0 unspecified atom stereocenters. The van der Waals surface area contributed by atoms with Gasteiger partial charge in [0.15, 0.2) is 18.9 Å². The van der Waals surface area contributed by atoms with E-state index in [0.717, 1.165) is 51.4 Å². The summed E-state index contributed by atoms with van der Waals surface area (Å²) in [6.07, 6.45) is 4.86. The van der Waals surface area contributed by atoms with Gasteiger partial charge in [0.2, 0.25) is 5.91 Å². The average molecular weight is 1170 g/mol. The molecule has 3 aliphatic heterocycles. The molecule has 0 aromatic rings. The summed E-state index contributed by atoms with van der Waals surface area (Å²) in [6, 6.07) is -1.37. The summed E-state index contributed by atoms with van der Waals surface area (Å²) in [6.45, 7) is 3.47. The highest BCUT2D eigenvalue weighted by atomic mass is 16.8. The maximum Gasteiger partial charge on any atom is 0.249 e. The Balaban J connectivity index is 1.56. The van der Waals surface area contributed by atoms with Crippen LogP contribution in [0.2, 0.25) is 0 Å². The molecule has 3 rings (SSSR count). The van der Waals surface area contributed by atoms with Gasteiger partial charge < -0.3 is 100 Å². The van der Waals surface area contributed by atoms with E-state index in [4.69, 9.17) is 28.4 Å². The van der Waals surface area contributed by atoms with Gasteiger partial charge in [-0.05, 0) is 18.8 Å². The molecule has 14 N–H and O–H groups in total. The maximum absolute atomic E-state index is 13.5. The van der Waals surface area contributed by atoms with Crippen molar-refractivity contribution in [3.8, 4) is 0 Å². The number of ether oxygens (including phenoxy) is 6. The van der Waals surface area contributed by atoms with Crippen molar-refractivity contribution in [2.45, 2.75) is 343 Å². The standard InChI is InChI=1S/C60H115NO20/c1-4-5-6-7-8-9-10-11-12-13-14-15-16-17-18-19-20-21-26-29-32-35-43(66)57(75)61-41(47(69)42(65)34-31-28-25-23-22-24-27-30-33-40(2)3)39-76-58-52(74)55(48(70)46(38-64)77-58)80-60-56(51(73)54(79-60)45(68)37-63)81-59-50(72)49(71)53(78-59)44(67)36-62/h40-56,58-60,62-74H,4-39H2,1-3H3,(H,61,75)/t41-,42+,43+,44+,45+,46+,47-,48-,49+,50+,51-,52+,53-,54-,55-,56+,58-,59-,60-/m0/s1. The largest absolute Gasteiger partial charge is 0.394 e. The van der Waals surface area contributed by atoms with Crippen LogP contribution in [0.25, 0.3) is 0 Å². The number of carbonyl (C=O) groups excluding carboxylic acids is 1. The van der Waals surface area contributed by atoms with Crippen LogP contribution in [0.3, 0.4) is 0 Å². The number of amides is 1. The maximum atomic E-state index is 13.5. The highest BCUT2D eigenvalue weighted by molar-refractivity contribution is 5.80. The van der Waals surface area contributed by atoms with Crippen LogP contribution in [0, 0.1) is 5.92 Å². The van der Waals surface area contributed by atoms with Crippen molar-refractivity contribution in [1.29, 1.82) is 0 Å². The first-order valence-electron chi connectivity index (χ1n) is 31.8. The molecule has 1 amide bonds. The van der Waals surface area contributed by atoms with Crippen LogP contribution in [0.15, 0.2) is 0 Å². The minimum Gasteiger partial charge on any atom is -0.394 e. The van der Waals surface area contributed by atoms with Crippen LogP contribution in [-0.2, 0) is 33.2 Å². The zero-order valence-corrected chi connectivity index (χ0v) is 49.7. The predicted octanol–water partition coefficient (Wildman–Crippen LogP) is 4.18. The van der Waals surface area contributed by atoms with Crippen molar-refractivity contribution in [2.24, 2.45) is 5.92 Å². The van der Waals surface area contributed by atoms with E-state index in [1.807, 2.05) is 0 Å². The van der Waals surface area contributed by atoms with E-state index in [-0.39, 0.29) is 12.8 Å². The smallest absolute Gasteiger partial charge is 0.249 e. The molecule has 19 atom stereocenters. The molecular weight excluding hydrogens is 1050 g/mol. The third-order valence-electron chi connectivity index (χ3n) is 16.5. The molecule has 3 heterocycles. The molecule has 0 spiro atoms. The van der Waals surface area contributed by atoms with E-state index in [9.17, 15) is 71.2 Å². The van der Waals surface area contributed by atoms with Gasteiger partial charge in [0.05, 0.1) is 38.6 Å².